The SMILES string of the molecule is C=CC(OCC)C1CCC=CO1. The molecule has 0 aromatic heterocycles. The van der Waals surface area contributed by atoms with E-state index in [1.54, 1.807) is 6.26 Å². The van der Waals surface area contributed by atoms with E-state index in [9.17, 15) is 0 Å². The molecule has 0 N–H and O–H groups in total. The first kappa shape index (κ1) is 9.33. The molecule has 0 radical (unpaired) electrons. The maximum atomic E-state index is 5.45. The fourth-order valence-corrected chi connectivity index (χ4v) is 1.31. The molecule has 0 spiro atoms. The second-order valence-corrected chi connectivity index (χ2v) is 2.78. The maximum absolute atomic E-state index is 5.45. The highest BCUT2D eigenvalue weighted by molar-refractivity contribution is 4.92. The Hall–Kier alpha value is -0.760. The molecule has 2 nitrogen and oxygen atoms in total. The minimum atomic E-state index is 0.0416. The third-order valence-electron chi connectivity index (χ3n) is 1.93. The normalized spacial score (nSPS) is 24.6. The number of hydrogen-bond donors (Lipinski definition) is 0. The van der Waals surface area contributed by atoms with Gasteiger partial charge in [0, 0.05) is 6.61 Å². The van der Waals surface area contributed by atoms with Crippen molar-refractivity contribution in [3.05, 3.63) is 25.0 Å². The first-order valence-electron chi connectivity index (χ1n) is 4.43. The van der Waals surface area contributed by atoms with Crippen LogP contribution < -0.4 is 0 Å². The van der Waals surface area contributed by atoms with Gasteiger partial charge in [0.05, 0.1) is 6.26 Å². The van der Waals surface area contributed by atoms with Gasteiger partial charge in [-0.25, -0.2) is 0 Å². The van der Waals surface area contributed by atoms with Gasteiger partial charge in [0.1, 0.15) is 12.2 Å². The summed E-state index contributed by atoms with van der Waals surface area (Å²) in [5, 5.41) is 0. The molecule has 1 rings (SSSR count). The van der Waals surface area contributed by atoms with Gasteiger partial charge in [-0.2, -0.15) is 0 Å². The molecule has 0 fully saturated rings. The summed E-state index contributed by atoms with van der Waals surface area (Å²) in [5.41, 5.74) is 0. The maximum Gasteiger partial charge on any atom is 0.128 e. The third-order valence-corrected chi connectivity index (χ3v) is 1.93. The van der Waals surface area contributed by atoms with Crippen molar-refractivity contribution in [1.82, 2.24) is 0 Å². The zero-order valence-electron chi connectivity index (χ0n) is 7.53. The second kappa shape index (κ2) is 4.99. The van der Waals surface area contributed by atoms with Crippen molar-refractivity contribution < 1.29 is 9.47 Å². The van der Waals surface area contributed by atoms with Gasteiger partial charge in [-0.15, -0.1) is 6.58 Å². The van der Waals surface area contributed by atoms with Crippen molar-refractivity contribution in [2.24, 2.45) is 0 Å². The van der Waals surface area contributed by atoms with E-state index in [-0.39, 0.29) is 12.2 Å². The monoisotopic (exact) mass is 168 g/mol. The fraction of sp³-hybridized carbons (Fsp3) is 0.600. The third kappa shape index (κ3) is 2.38. The highest BCUT2D eigenvalue weighted by Gasteiger charge is 2.20. The van der Waals surface area contributed by atoms with Crippen LogP contribution in [-0.4, -0.2) is 18.8 Å². The van der Waals surface area contributed by atoms with Gasteiger partial charge in [-0.3, -0.25) is 0 Å². The van der Waals surface area contributed by atoms with E-state index in [0.717, 1.165) is 12.8 Å². The topological polar surface area (TPSA) is 18.5 Å². The Morgan fingerprint density at radius 3 is 3.17 bits per heavy atom. The molecule has 0 aliphatic carbocycles. The lowest BCUT2D eigenvalue weighted by atomic mass is 10.1. The zero-order chi connectivity index (χ0) is 8.81. The van der Waals surface area contributed by atoms with Crippen LogP contribution in [0.5, 0.6) is 0 Å². The summed E-state index contributed by atoms with van der Waals surface area (Å²) in [6, 6.07) is 0. The van der Waals surface area contributed by atoms with Gasteiger partial charge in [-0.05, 0) is 25.8 Å². The average molecular weight is 168 g/mol. The Labute approximate surface area is 73.9 Å². The Balaban J connectivity index is 2.41. The molecule has 0 aromatic carbocycles. The van der Waals surface area contributed by atoms with Crippen LogP contribution in [0.2, 0.25) is 0 Å². The van der Waals surface area contributed by atoms with Crippen molar-refractivity contribution in [2.75, 3.05) is 6.61 Å². The van der Waals surface area contributed by atoms with Gasteiger partial charge in [0.2, 0.25) is 0 Å². The Bertz CT molecular complexity index is 163. The second-order valence-electron chi connectivity index (χ2n) is 2.78. The molecule has 1 heterocycles. The molecular formula is C10H16O2. The molecule has 68 valence electrons. The molecule has 2 unspecified atom stereocenters. The van der Waals surface area contributed by atoms with Gasteiger partial charge >= 0.3 is 0 Å². The van der Waals surface area contributed by atoms with Crippen molar-refractivity contribution in [2.45, 2.75) is 32.0 Å². The molecule has 0 amide bonds. The molecule has 2 heteroatoms. The first-order valence-corrected chi connectivity index (χ1v) is 4.43. The van der Waals surface area contributed by atoms with Crippen LogP contribution in [0.15, 0.2) is 25.0 Å². The molecule has 0 bridgehead atoms. The Morgan fingerprint density at radius 1 is 1.83 bits per heavy atom. The van der Waals surface area contributed by atoms with E-state index in [2.05, 4.69) is 6.58 Å². The molecule has 1 aliphatic rings. The molecule has 0 saturated heterocycles. The summed E-state index contributed by atoms with van der Waals surface area (Å²) in [4.78, 5) is 0. The summed E-state index contributed by atoms with van der Waals surface area (Å²) in [6.07, 6.45) is 7.89. The van der Waals surface area contributed by atoms with Crippen molar-refractivity contribution >= 4 is 0 Å². The quantitative estimate of drug-likeness (QED) is 0.599. The van der Waals surface area contributed by atoms with E-state index in [0.29, 0.717) is 6.61 Å². The fourth-order valence-electron chi connectivity index (χ4n) is 1.31. The van der Waals surface area contributed by atoms with E-state index in [1.807, 2.05) is 19.1 Å². The smallest absolute Gasteiger partial charge is 0.128 e. The molecule has 2 atom stereocenters. The van der Waals surface area contributed by atoms with Crippen molar-refractivity contribution in [3.8, 4) is 0 Å². The van der Waals surface area contributed by atoms with Crippen molar-refractivity contribution in [1.29, 1.82) is 0 Å². The minimum Gasteiger partial charge on any atom is -0.495 e. The highest BCUT2D eigenvalue weighted by Crippen LogP contribution is 2.16. The van der Waals surface area contributed by atoms with Gasteiger partial charge in [0.15, 0.2) is 0 Å². The van der Waals surface area contributed by atoms with Crippen LogP contribution in [0.1, 0.15) is 19.8 Å². The average Bonchev–Trinajstić information content (AvgIpc) is 2.15. The van der Waals surface area contributed by atoms with Crippen LogP contribution in [0.4, 0.5) is 0 Å². The van der Waals surface area contributed by atoms with E-state index >= 15 is 0 Å². The van der Waals surface area contributed by atoms with E-state index < -0.39 is 0 Å². The molecule has 0 saturated carbocycles. The molecular weight excluding hydrogens is 152 g/mol. The number of hydrogen-bond acceptors (Lipinski definition) is 2. The molecule has 12 heavy (non-hydrogen) atoms. The molecule has 0 aromatic rings. The number of allylic oxidation sites excluding steroid dienone is 1. The lowest BCUT2D eigenvalue weighted by molar-refractivity contribution is -0.0200. The standard InChI is InChI=1S/C10H16O2/c1-3-9(11-4-2)10-7-5-6-8-12-10/h3,6,8-10H,1,4-5,7H2,2H3. The number of rotatable bonds is 4. The predicted octanol–water partition coefficient (Wildman–Crippen LogP) is 2.27. The first-order chi connectivity index (χ1) is 5.88. The lowest BCUT2D eigenvalue weighted by Gasteiger charge is -2.25. The van der Waals surface area contributed by atoms with Gasteiger partial charge in [0.25, 0.3) is 0 Å². The molecule has 1 aliphatic heterocycles. The van der Waals surface area contributed by atoms with Gasteiger partial charge < -0.3 is 9.47 Å². The zero-order valence-corrected chi connectivity index (χ0v) is 7.53. The Kier molecular flexibility index (Phi) is 3.88. The minimum absolute atomic E-state index is 0.0416. The summed E-state index contributed by atoms with van der Waals surface area (Å²) in [5.74, 6) is 0. The van der Waals surface area contributed by atoms with Crippen LogP contribution in [0.25, 0.3) is 0 Å². The lowest BCUT2D eigenvalue weighted by Crippen LogP contribution is -2.29. The van der Waals surface area contributed by atoms with Crippen LogP contribution in [0.3, 0.4) is 0 Å². The Morgan fingerprint density at radius 2 is 2.67 bits per heavy atom. The van der Waals surface area contributed by atoms with E-state index in [1.165, 1.54) is 0 Å². The summed E-state index contributed by atoms with van der Waals surface area (Å²) < 4.78 is 10.9. The van der Waals surface area contributed by atoms with E-state index in [4.69, 9.17) is 9.47 Å². The predicted molar refractivity (Wildman–Crippen MR) is 48.9 cm³/mol. The highest BCUT2D eigenvalue weighted by atomic mass is 16.5. The van der Waals surface area contributed by atoms with Crippen molar-refractivity contribution in [3.63, 3.8) is 0 Å². The largest absolute Gasteiger partial charge is 0.495 e. The summed E-state index contributed by atoms with van der Waals surface area (Å²) in [7, 11) is 0. The number of ether oxygens (including phenoxy) is 2. The van der Waals surface area contributed by atoms with Crippen LogP contribution in [-0.2, 0) is 9.47 Å². The van der Waals surface area contributed by atoms with Crippen LogP contribution >= 0.6 is 0 Å². The van der Waals surface area contributed by atoms with Gasteiger partial charge in [-0.1, -0.05) is 6.08 Å². The summed E-state index contributed by atoms with van der Waals surface area (Å²) >= 11 is 0. The van der Waals surface area contributed by atoms with Crippen LogP contribution in [0, 0.1) is 0 Å². The summed E-state index contributed by atoms with van der Waals surface area (Å²) in [6.45, 7) is 6.42.